The number of carbonyl (C=O) groups is 1. The zero-order chi connectivity index (χ0) is 27.8. The fourth-order valence-corrected chi connectivity index (χ4v) is 5.25. The van der Waals surface area contributed by atoms with Crippen LogP contribution in [0.5, 0.6) is 0 Å². The number of hydrogen-bond donors (Lipinski definition) is 3. The van der Waals surface area contributed by atoms with E-state index in [1.165, 1.54) is 26.0 Å². The molecular formula is C27H31ClF3N5O2. The number of carboxylic acid groups (broad SMARTS) is 1. The fraction of sp³-hybridized carbons (Fsp3) is 0.444. The van der Waals surface area contributed by atoms with Crippen LogP contribution in [0.15, 0.2) is 30.3 Å². The molecule has 1 aromatic carbocycles. The Morgan fingerprint density at radius 3 is 2.63 bits per heavy atom. The van der Waals surface area contributed by atoms with Crippen LogP contribution in [0.25, 0.3) is 0 Å². The van der Waals surface area contributed by atoms with Gasteiger partial charge in [0.05, 0.1) is 16.1 Å². The van der Waals surface area contributed by atoms with E-state index in [0.717, 1.165) is 5.69 Å². The molecule has 1 aliphatic rings. The van der Waals surface area contributed by atoms with Gasteiger partial charge in [0.15, 0.2) is 11.6 Å². The fourth-order valence-electron chi connectivity index (χ4n) is 5.06. The summed E-state index contributed by atoms with van der Waals surface area (Å²) >= 11 is 5.92. The minimum absolute atomic E-state index is 0.0266. The van der Waals surface area contributed by atoms with Gasteiger partial charge in [-0.3, -0.25) is 14.8 Å². The number of nitrogens with zero attached hydrogens (tertiary/aromatic N) is 3. The van der Waals surface area contributed by atoms with Crippen molar-refractivity contribution in [3.05, 3.63) is 69.5 Å². The first-order valence-corrected chi connectivity index (χ1v) is 12.7. The van der Waals surface area contributed by atoms with Crippen molar-refractivity contribution < 1.29 is 23.1 Å². The van der Waals surface area contributed by atoms with E-state index < -0.39 is 28.7 Å². The first kappa shape index (κ1) is 27.9. The molecule has 2 aromatic heterocycles. The molecule has 3 heterocycles. The van der Waals surface area contributed by atoms with Crippen molar-refractivity contribution in [2.45, 2.75) is 65.2 Å². The lowest BCUT2D eigenvalue weighted by Gasteiger charge is -2.43. The highest BCUT2D eigenvalue weighted by atomic mass is 35.5. The predicted molar refractivity (Wildman–Crippen MR) is 139 cm³/mol. The van der Waals surface area contributed by atoms with Crippen LogP contribution in [-0.4, -0.2) is 43.7 Å². The second-order valence-electron chi connectivity index (χ2n) is 10.6. The molecule has 38 heavy (non-hydrogen) atoms. The number of aryl methyl sites for hydroxylation is 1. The summed E-state index contributed by atoms with van der Waals surface area (Å²) in [6.45, 7) is 6.74. The number of halogens is 4. The monoisotopic (exact) mass is 549 g/mol. The Kier molecular flexibility index (Phi) is 7.76. The van der Waals surface area contributed by atoms with Gasteiger partial charge in [-0.15, -0.1) is 0 Å². The van der Waals surface area contributed by atoms with E-state index in [4.69, 9.17) is 11.6 Å². The molecular weight excluding hydrogens is 519 g/mol. The number of aromatic nitrogens is 3. The molecule has 0 amide bonds. The van der Waals surface area contributed by atoms with Gasteiger partial charge in [-0.2, -0.15) is 5.10 Å². The third-order valence-electron chi connectivity index (χ3n) is 7.18. The van der Waals surface area contributed by atoms with Gasteiger partial charge in [0, 0.05) is 41.9 Å². The summed E-state index contributed by atoms with van der Waals surface area (Å²) in [5.74, 6) is -1.87. The number of aromatic amines is 1. The average molecular weight is 550 g/mol. The van der Waals surface area contributed by atoms with Gasteiger partial charge in [0.25, 0.3) is 0 Å². The summed E-state index contributed by atoms with van der Waals surface area (Å²) in [4.78, 5) is 18.9. The molecule has 7 nitrogen and oxygen atoms in total. The van der Waals surface area contributed by atoms with Crippen molar-refractivity contribution >= 4 is 29.2 Å². The number of H-pyrrole nitrogens is 1. The van der Waals surface area contributed by atoms with Crippen LogP contribution in [0, 0.1) is 24.0 Å². The summed E-state index contributed by atoms with van der Waals surface area (Å²) in [6.07, 6.45) is 0.132. The number of nitrogens with one attached hydrogen (secondary N) is 2. The van der Waals surface area contributed by atoms with E-state index >= 15 is 8.78 Å². The van der Waals surface area contributed by atoms with E-state index in [-0.39, 0.29) is 53.9 Å². The number of aliphatic carboxylic acids is 1. The molecule has 204 valence electrons. The standard InChI is InChI=1S/C27H31ClF3N5O2/c1-15-10-22(35-34-15)33-21-11-18(26(3,4)31)24(30)20(32-21)13-27(25(37)38)8-9-36(16(2)12-27)14-17-6-5-7-19(28)23(17)29/h5-7,10-11,16H,8-9,12-14H2,1-4H3,(H,37,38)(H2,32,33,34,35)/t16-,27-/m1/s1. The van der Waals surface area contributed by atoms with Crippen LogP contribution in [0.1, 0.15) is 56.1 Å². The molecule has 3 N–H and O–H groups in total. The van der Waals surface area contributed by atoms with Crippen molar-refractivity contribution in [1.82, 2.24) is 20.1 Å². The Balaban J connectivity index is 1.63. The molecule has 0 spiro atoms. The first-order valence-electron chi connectivity index (χ1n) is 12.4. The van der Waals surface area contributed by atoms with Gasteiger partial charge in [0.1, 0.15) is 17.3 Å². The molecule has 0 aliphatic carbocycles. The van der Waals surface area contributed by atoms with Crippen molar-refractivity contribution in [2.24, 2.45) is 5.41 Å². The molecule has 1 aliphatic heterocycles. The topological polar surface area (TPSA) is 94.1 Å². The number of benzene rings is 1. The van der Waals surface area contributed by atoms with Gasteiger partial charge in [-0.25, -0.2) is 18.2 Å². The molecule has 1 saturated heterocycles. The third kappa shape index (κ3) is 5.81. The maximum absolute atomic E-state index is 15.6. The van der Waals surface area contributed by atoms with Gasteiger partial charge in [-0.05, 0) is 59.2 Å². The van der Waals surface area contributed by atoms with E-state index in [0.29, 0.717) is 17.9 Å². The van der Waals surface area contributed by atoms with Crippen molar-refractivity contribution in [3.8, 4) is 0 Å². The minimum Gasteiger partial charge on any atom is -0.481 e. The normalized spacial score (nSPS) is 20.5. The quantitative estimate of drug-likeness (QED) is 0.306. The molecule has 2 atom stereocenters. The molecule has 4 rings (SSSR count). The summed E-state index contributed by atoms with van der Waals surface area (Å²) in [5.41, 5.74) is -2.53. The summed E-state index contributed by atoms with van der Waals surface area (Å²) in [5, 5.41) is 20.1. The van der Waals surface area contributed by atoms with Crippen molar-refractivity contribution in [1.29, 1.82) is 0 Å². The Hall–Kier alpha value is -3.11. The first-order chi connectivity index (χ1) is 17.8. The summed E-state index contributed by atoms with van der Waals surface area (Å²) in [6, 6.07) is 7.52. The number of likely N-dealkylation sites (tertiary alicyclic amines) is 1. The molecule has 0 saturated carbocycles. The molecule has 0 radical (unpaired) electrons. The zero-order valence-corrected chi connectivity index (χ0v) is 22.5. The van der Waals surface area contributed by atoms with Crippen LogP contribution in [0.3, 0.4) is 0 Å². The zero-order valence-electron chi connectivity index (χ0n) is 21.7. The lowest BCUT2D eigenvalue weighted by atomic mass is 9.72. The second-order valence-corrected chi connectivity index (χ2v) is 11.0. The number of anilines is 2. The van der Waals surface area contributed by atoms with Gasteiger partial charge < -0.3 is 10.4 Å². The lowest BCUT2D eigenvalue weighted by Crippen LogP contribution is -2.50. The number of carboxylic acids is 1. The van der Waals surface area contributed by atoms with Gasteiger partial charge in [0.2, 0.25) is 0 Å². The van der Waals surface area contributed by atoms with Crippen molar-refractivity contribution in [3.63, 3.8) is 0 Å². The Morgan fingerprint density at radius 1 is 1.29 bits per heavy atom. The Bertz CT molecular complexity index is 1340. The highest BCUT2D eigenvalue weighted by Gasteiger charge is 2.46. The van der Waals surface area contributed by atoms with Crippen molar-refractivity contribution in [2.75, 3.05) is 11.9 Å². The predicted octanol–water partition coefficient (Wildman–Crippen LogP) is 6.29. The maximum atomic E-state index is 15.6. The van der Waals surface area contributed by atoms with E-state index in [2.05, 4.69) is 20.5 Å². The minimum atomic E-state index is -2.03. The Labute approximate surface area is 224 Å². The molecule has 0 unspecified atom stereocenters. The van der Waals surface area contributed by atoms with E-state index in [1.54, 1.807) is 18.2 Å². The number of piperidine rings is 1. The molecule has 11 heteroatoms. The molecule has 1 fully saturated rings. The van der Waals surface area contributed by atoms with Gasteiger partial charge >= 0.3 is 5.97 Å². The van der Waals surface area contributed by atoms with Gasteiger partial charge in [-0.1, -0.05) is 23.7 Å². The highest BCUT2D eigenvalue weighted by Crippen LogP contribution is 2.41. The largest absolute Gasteiger partial charge is 0.481 e. The number of rotatable bonds is 8. The Morgan fingerprint density at radius 2 is 2.03 bits per heavy atom. The molecule has 0 bridgehead atoms. The summed E-state index contributed by atoms with van der Waals surface area (Å²) in [7, 11) is 0. The van der Waals surface area contributed by atoms with E-state index in [9.17, 15) is 14.3 Å². The number of alkyl halides is 1. The van der Waals surface area contributed by atoms with Crippen LogP contribution in [0.4, 0.5) is 24.8 Å². The second kappa shape index (κ2) is 10.6. The third-order valence-corrected chi connectivity index (χ3v) is 7.47. The SMILES string of the molecule is Cc1cc(Nc2cc(C(C)(C)F)c(F)c(C[C@@]3(C(=O)O)CCN(Cc4cccc(Cl)c4F)[C@H](C)C3)n2)n[nH]1. The van der Waals surface area contributed by atoms with E-state index in [1.807, 2.05) is 18.7 Å². The number of hydrogen-bond acceptors (Lipinski definition) is 5. The molecule has 3 aromatic rings. The van der Waals surface area contributed by atoms with Crippen LogP contribution in [-0.2, 0) is 23.4 Å². The smallest absolute Gasteiger partial charge is 0.310 e. The average Bonchev–Trinajstić information content (AvgIpc) is 3.24. The number of pyridine rings is 1. The van der Waals surface area contributed by atoms with Crippen LogP contribution in [0.2, 0.25) is 5.02 Å². The summed E-state index contributed by atoms with van der Waals surface area (Å²) < 4.78 is 45.1. The lowest BCUT2D eigenvalue weighted by molar-refractivity contribution is -0.153. The highest BCUT2D eigenvalue weighted by molar-refractivity contribution is 6.30. The van der Waals surface area contributed by atoms with Crippen LogP contribution >= 0.6 is 11.6 Å². The van der Waals surface area contributed by atoms with Crippen LogP contribution < -0.4 is 5.32 Å². The maximum Gasteiger partial charge on any atom is 0.310 e.